The standard InChI is InChI=1S/C21H21BrN2O2/c1-15(17-4-2-16(14-23)3-5-17)24-20(25)21(10-12-26-13-11-21)18-6-8-19(22)9-7-18/h2-9,15H,10-13H2,1H3,(H,24,25). The quantitative estimate of drug-likeness (QED) is 0.816. The van der Waals surface area contributed by atoms with E-state index >= 15 is 0 Å². The highest BCUT2D eigenvalue weighted by molar-refractivity contribution is 9.10. The van der Waals surface area contributed by atoms with Gasteiger partial charge in [0.15, 0.2) is 0 Å². The molecule has 3 rings (SSSR count). The molecule has 2 aromatic carbocycles. The highest BCUT2D eigenvalue weighted by atomic mass is 79.9. The number of amides is 1. The van der Waals surface area contributed by atoms with Gasteiger partial charge in [0.25, 0.3) is 0 Å². The molecule has 1 atom stereocenters. The van der Waals surface area contributed by atoms with Crippen molar-refractivity contribution in [2.24, 2.45) is 0 Å². The molecule has 1 aliphatic rings. The minimum absolute atomic E-state index is 0.0278. The molecule has 0 bridgehead atoms. The molecule has 1 N–H and O–H groups in total. The minimum Gasteiger partial charge on any atom is -0.381 e. The average Bonchev–Trinajstić information content (AvgIpc) is 2.69. The number of carbonyl (C=O) groups is 1. The SMILES string of the molecule is CC(NC(=O)C1(c2ccc(Br)cc2)CCOCC1)c1ccc(C#N)cc1. The van der Waals surface area contributed by atoms with Gasteiger partial charge in [0.05, 0.1) is 23.1 Å². The number of nitrogens with zero attached hydrogens (tertiary/aromatic N) is 1. The molecular weight excluding hydrogens is 392 g/mol. The van der Waals surface area contributed by atoms with Gasteiger partial charge in [-0.05, 0) is 55.2 Å². The number of hydrogen-bond acceptors (Lipinski definition) is 3. The Bertz CT molecular complexity index is 803. The smallest absolute Gasteiger partial charge is 0.231 e. The second-order valence-electron chi connectivity index (χ2n) is 6.63. The van der Waals surface area contributed by atoms with Gasteiger partial charge in [-0.2, -0.15) is 5.26 Å². The molecule has 5 heteroatoms. The Morgan fingerprint density at radius 3 is 2.35 bits per heavy atom. The van der Waals surface area contributed by atoms with Gasteiger partial charge < -0.3 is 10.1 Å². The summed E-state index contributed by atoms with van der Waals surface area (Å²) in [7, 11) is 0. The predicted octanol–water partition coefficient (Wildman–Crippen LogP) is 4.25. The maximum Gasteiger partial charge on any atom is 0.231 e. The van der Waals surface area contributed by atoms with E-state index in [2.05, 4.69) is 27.3 Å². The number of nitriles is 1. The summed E-state index contributed by atoms with van der Waals surface area (Å²) in [6.45, 7) is 3.12. The Morgan fingerprint density at radius 1 is 1.15 bits per heavy atom. The third-order valence-corrected chi connectivity index (χ3v) is 5.59. The van der Waals surface area contributed by atoms with Crippen LogP contribution in [0.3, 0.4) is 0 Å². The molecule has 4 nitrogen and oxygen atoms in total. The fraction of sp³-hybridized carbons (Fsp3) is 0.333. The Balaban J connectivity index is 1.83. The van der Waals surface area contributed by atoms with Gasteiger partial charge >= 0.3 is 0 Å². The first-order chi connectivity index (χ1) is 12.5. The number of hydrogen-bond donors (Lipinski definition) is 1. The van der Waals surface area contributed by atoms with Gasteiger partial charge in [0, 0.05) is 17.7 Å². The van der Waals surface area contributed by atoms with E-state index in [1.807, 2.05) is 43.3 Å². The monoisotopic (exact) mass is 412 g/mol. The van der Waals surface area contributed by atoms with Crippen LogP contribution >= 0.6 is 15.9 Å². The minimum atomic E-state index is -0.570. The van der Waals surface area contributed by atoms with E-state index < -0.39 is 5.41 Å². The summed E-state index contributed by atoms with van der Waals surface area (Å²) in [5, 5.41) is 12.1. The summed E-state index contributed by atoms with van der Waals surface area (Å²) >= 11 is 3.46. The Morgan fingerprint density at radius 2 is 1.77 bits per heavy atom. The van der Waals surface area contributed by atoms with Crippen molar-refractivity contribution in [1.29, 1.82) is 5.26 Å². The maximum atomic E-state index is 13.3. The molecule has 1 saturated heterocycles. The van der Waals surface area contributed by atoms with E-state index in [4.69, 9.17) is 10.00 Å². The van der Waals surface area contributed by atoms with Gasteiger partial charge in [-0.15, -0.1) is 0 Å². The zero-order chi connectivity index (χ0) is 18.6. The number of halogens is 1. The van der Waals surface area contributed by atoms with Crippen LogP contribution in [-0.4, -0.2) is 19.1 Å². The molecule has 1 amide bonds. The number of carbonyl (C=O) groups excluding carboxylic acids is 1. The van der Waals surface area contributed by atoms with Crippen molar-refractivity contribution in [2.75, 3.05) is 13.2 Å². The number of benzene rings is 2. The van der Waals surface area contributed by atoms with Crippen molar-refractivity contribution < 1.29 is 9.53 Å². The first-order valence-corrected chi connectivity index (χ1v) is 9.49. The summed E-state index contributed by atoms with van der Waals surface area (Å²) in [5.74, 6) is 0.0278. The molecule has 2 aromatic rings. The van der Waals surface area contributed by atoms with Gasteiger partial charge in [-0.25, -0.2) is 0 Å². The summed E-state index contributed by atoms with van der Waals surface area (Å²) < 4.78 is 6.51. The van der Waals surface area contributed by atoms with Crippen molar-refractivity contribution in [3.05, 3.63) is 69.7 Å². The van der Waals surface area contributed by atoms with Crippen LogP contribution in [0.15, 0.2) is 53.0 Å². The molecule has 0 saturated carbocycles. The van der Waals surface area contributed by atoms with Crippen molar-refractivity contribution in [3.8, 4) is 6.07 Å². The highest BCUT2D eigenvalue weighted by Gasteiger charge is 2.42. The van der Waals surface area contributed by atoms with Crippen molar-refractivity contribution in [3.63, 3.8) is 0 Å². The zero-order valence-corrected chi connectivity index (χ0v) is 16.3. The van der Waals surface area contributed by atoms with E-state index in [1.165, 1.54) is 0 Å². The molecule has 1 fully saturated rings. The van der Waals surface area contributed by atoms with Crippen molar-refractivity contribution in [2.45, 2.75) is 31.2 Å². The first kappa shape index (κ1) is 18.6. The normalized spacial score (nSPS) is 17.1. The Labute approximate surface area is 162 Å². The molecule has 1 aliphatic heterocycles. The van der Waals surface area contributed by atoms with Crippen molar-refractivity contribution in [1.82, 2.24) is 5.32 Å². The third-order valence-electron chi connectivity index (χ3n) is 5.07. The van der Waals surface area contributed by atoms with Crippen LogP contribution in [0.25, 0.3) is 0 Å². The van der Waals surface area contributed by atoms with E-state index in [0.29, 0.717) is 31.6 Å². The number of nitrogens with one attached hydrogen (secondary N) is 1. The number of rotatable bonds is 4. The fourth-order valence-corrected chi connectivity index (χ4v) is 3.66. The van der Waals surface area contributed by atoms with Crippen LogP contribution in [0, 0.1) is 11.3 Å². The third kappa shape index (κ3) is 3.82. The topological polar surface area (TPSA) is 62.1 Å². The first-order valence-electron chi connectivity index (χ1n) is 8.70. The predicted molar refractivity (Wildman–Crippen MR) is 104 cm³/mol. The van der Waals surface area contributed by atoms with E-state index in [0.717, 1.165) is 15.6 Å². The highest BCUT2D eigenvalue weighted by Crippen LogP contribution is 2.36. The fourth-order valence-electron chi connectivity index (χ4n) is 3.40. The van der Waals surface area contributed by atoms with E-state index in [9.17, 15) is 4.79 Å². The summed E-state index contributed by atoms with van der Waals surface area (Å²) in [6.07, 6.45) is 1.33. The van der Waals surface area contributed by atoms with Crippen LogP contribution in [0.1, 0.15) is 42.5 Å². The largest absolute Gasteiger partial charge is 0.381 e. The summed E-state index contributed by atoms with van der Waals surface area (Å²) in [5.41, 5.74) is 2.05. The molecule has 0 radical (unpaired) electrons. The lowest BCUT2D eigenvalue weighted by Gasteiger charge is -2.37. The zero-order valence-electron chi connectivity index (χ0n) is 14.7. The van der Waals surface area contributed by atoms with Crippen LogP contribution in [0.2, 0.25) is 0 Å². The molecule has 0 aromatic heterocycles. The molecule has 1 unspecified atom stereocenters. The number of ether oxygens (including phenoxy) is 1. The van der Waals surface area contributed by atoms with Crippen molar-refractivity contribution >= 4 is 21.8 Å². The maximum absolute atomic E-state index is 13.3. The lowest BCUT2D eigenvalue weighted by Crippen LogP contribution is -2.48. The summed E-state index contributed by atoms with van der Waals surface area (Å²) in [6, 6.07) is 17.3. The van der Waals surface area contributed by atoms with E-state index in [-0.39, 0.29) is 11.9 Å². The molecule has 1 heterocycles. The molecule has 134 valence electrons. The van der Waals surface area contributed by atoms with Gasteiger partial charge in [0.2, 0.25) is 5.91 Å². The molecule has 0 aliphatic carbocycles. The van der Waals surface area contributed by atoms with Crippen LogP contribution in [0.5, 0.6) is 0 Å². The second-order valence-corrected chi connectivity index (χ2v) is 7.55. The van der Waals surface area contributed by atoms with Gasteiger partial charge in [0.1, 0.15) is 0 Å². The Kier molecular flexibility index (Phi) is 5.75. The van der Waals surface area contributed by atoms with Gasteiger partial charge in [-0.1, -0.05) is 40.2 Å². The van der Waals surface area contributed by atoms with Crippen LogP contribution in [-0.2, 0) is 14.9 Å². The molecule has 0 spiro atoms. The van der Waals surface area contributed by atoms with Gasteiger partial charge in [-0.3, -0.25) is 4.79 Å². The Hall–Kier alpha value is -2.16. The average molecular weight is 413 g/mol. The van der Waals surface area contributed by atoms with E-state index in [1.54, 1.807) is 12.1 Å². The second kappa shape index (κ2) is 8.03. The summed E-state index contributed by atoms with van der Waals surface area (Å²) in [4.78, 5) is 13.3. The lowest BCUT2D eigenvalue weighted by atomic mass is 9.73. The molecular formula is C21H21BrN2O2. The van der Waals surface area contributed by atoms with Crippen LogP contribution < -0.4 is 5.32 Å². The molecule has 26 heavy (non-hydrogen) atoms. The lowest BCUT2D eigenvalue weighted by molar-refractivity contribution is -0.131. The van der Waals surface area contributed by atoms with Crippen LogP contribution in [0.4, 0.5) is 0 Å².